The Morgan fingerprint density at radius 2 is 1.35 bits per heavy atom. The molecule has 1 N–H and O–H groups in total. The predicted octanol–water partition coefficient (Wildman–Crippen LogP) is 5.81. The van der Waals surface area contributed by atoms with Gasteiger partial charge in [0.15, 0.2) is 0 Å². The number of carbonyl (C=O) groups excluding carboxylic acids is 1. The zero-order chi connectivity index (χ0) is 27.8. The number of amides is 1. The van der Waals surface area contributed by atoms with Gasteiger partial charge in [0.2, 0.25) is 0 Å². The van der Waals surface area contributed by atoms with E-state index in [9.17, 15) is 14.3 Å². The van der Waals surface area contributed by atoms with Crippen LogP contribution in [0.5, 0.6) is 0 Å². The number of likely N-dealkylation sites (N-methyl/N-ethyl adjacent to an activating group) is 1. The number of hydrogen-bond acceptors (Lipinski definition) is 7. The molecule has 0 heterocycles. The van der Waals surface area contributed by atoms with Crippen LogP contribution in [-0.2, 0) is 23.1 Å². The van der Waals surface area contributed by atoms with E-state index < -0.39 is 20.0 Å². The van der Waals surface area contributed by atoms with Crippen LogP contribution in [0, 0.1) is 0 Å². The molecule has 0 saturated heterocycles. The fraction of sp³-hybridized carbons (Fsp3) is 0.963. The third kappa shape index (κ3) is 26.7. The summed E-state index contributed by atoms with van der Waals surface area (Å²) in [6.45, 7) is 5.20. The normalized spacial score (nSPS) is 14.3. The van der Waals surface area contributed by atoms with E-state index in [0.717, 1.165) is 12.8 Å². The van der Waals surface area contributed by atoms with Crippen molar-refractivity contribution in [3.05, 3.63) is 0 Å². The summed E-state index contributed by atoms with van der Waals surface area (Å²) in [6, 6.07) is 0. The number of nitrogens with one attached hydrogen (secondary N) is 1. The van der Waals surface area contributed by atoms with Gasteiger partial charge in [-0.15, -0.1) is 0 Å². The summed E-state index contributed by atoms with van der Waals surface area (Å²) in [5.74, 6) is 0. The SMILES string of the molecule is CCCCCCCCCCCCCCCCOCC(CNC(=O)OCC)OP(=O)([O-])OCC[N+](C)(C)C. The minimum absolute atomic E-state index is 0.0161. The molecular formula is C27H57N2O7P. The second kappa shape index (κ2) is 23.2. The Morgan fingerprint density at radius 1 is 0.838 bits per heavy atom. The molecule has 10 heteroatoms. The Labute approximate surface area is 227 Å². The van der Waals surface area contributed by atoms with Crippen molar-refractivity contribution in [1.82, 2.24) is 5.32 Å². The zero-order valence-corrected chi connectivity index (χ0v) is 25.4. The van der Waals surface area contributed by atoms with Gasteiger partial charge in [-0.1, -0.05) is 90.4 Å². The summed E-state index contributed by atoms with van der Waals surface area (Å²) in [4.78, 5) is 23.9. The number of carbonyl (C=O) groups is 1. The van der Waals surface area contributed by atoms with Crippen molar-refractivity contribution in [2.45, 2.75) is 110 Å². The van der Waals surface area contributed by atoms with Crippen molar-refractivity contribution >= 4 is 13.9 Å². The van der Waals surface area contributed by atoms with Crippen molar-refractivity contribution in [3.8, 4) is 0 Å². The first kappa shape index (κ1) is 36.3. The molecule has 0 aliphatic carbocycles. The van der Waals surface area contributed by atoms with Gasteiger partial charge in [0, 0.05) is 13.2 Å². The molecule has 0 spiro atoms. The van der Waals surface area contributed by atoms with Crippen molar-refractivity contribution in [3.63, 3.8) is 0 Å². The Hall–Kier alpha value is -0.700. The van der Waals surface area contributed by atoms with Crippen molar-refractivity contribution in [1.29, 1.82) is 0 Å². The first-order valence-corrected chi connectivity index (χ1v) is 16.0. The van der Waals surface area contributed by atoms with Gasteiger partial charge in [-0.2, -0.15) is 0 Å². The second-order valence-electron chi connectivity index (χ2n) is 10.8. The molecule has 0 aromatic carbocycles. The summed E-state index contributed by atoms with van der Waals surface area (Å²) in [5.41, 5.74) is 0. The molecule has 1 amide bonds. The lowest BCUT2D eigenvalue weighted by Crippen LogP contribution is -2.39. The van der Waals surface area contributed by atoms with E-state index in [-0.39, 0.29) is 26.4 Å². The number of phosphoric acid groups is 1. The van der Waals surface area contributed by atoms with Gasteiger partial charge in [0.25, 0.3) is 7.82 Å². The maximum atomic E-state index is 12.2. The number of phosphoric ester groups is 1. The van der Waals surface area contributed by atoms with Gasteiger partial charge < -0.3 is 33.2 Å². The summed E-state index contributed by atoms with van der Waals surface area (Å²) in [5, 5.41) is 2.51. The molecule has 0 bridgehead atoms. The van der Waals surface area contributed by atoms with Crippen LogP contribution in [0.15, 0.2) is 0 Å². The molecule has 2 atom stereocenters. The number of rotatable bonds is 26. The fourth-order valence-electron chi connectivity index (χ4n) is 3.76. The van der Waals surface area contributed by atoms with Crippen LogP contribution in [0.4, 0.5) is 4.79 Å². The van der Waals surface area contributed by atoms with Crippen LogP contribution >= 0.6 is 7.82 Å². The van der Waals surface area contributed by atoms with Gasteiger partial charge in [-0.05, 0) is 13.3 Å². The number of ether oxygens (including phenoxy) is 2. The molecule has 0 aliphatic heterocycles. The van der Waals surface area contributed by atoms with Gasteiger partial charge >= 0.3 is 6.09 Å². The molecule has 0 fully saturated rings. The van der Waals surface area contributed by atoms with Crippen LogP contribution < -0.4 is 10.2 Å². The summed E-state index contributed by atoms with van der Waals surface area (Å²) < 4.78 is 33.5. The second-order valence-corrected chi connectivity index (χ2v) is 12.2. The Morgan fingerprint density at radius 3 is 1.84 bits per heavy atom. The van der Waals surface area contributed by atoms with Crippen LogP contribution in [0.2, 0.25) is 0 Å². The monoisotopic (exact) mass is 552 g/mol. The van der Waals surface area contributed by atoms with Gasteiger partial charge in [-0.25, -0.2) is 4.79 Å². The van der Waals surface area contributed by atoms with Crippen LogP contribution in [0.3, 0.4) is 0 Å². The van der Waals surface area contributed by atoms with Crippen molar-refractivity contribution in [2.75, 3.05) is 60.7 Å². The molecule has 0 radical (unpaired) electrons. The number of nitrogens with zero attached hydrogens (tertiary/aromatic N) is 1. The van der Waals surface area contributed by atoms with Gasteiger partial charge in [0.05, 0.1) is 34.4 Å². The van der Waals surface area contributed by atoms with E-state index in [0.29, 0.717) is 17.6 Å². The van der Waals surface area contributed by atoms with Crippen molar-refractivity contribution < 1.29 is 37.3 Å². The zero-order valence-electron chi connectivity index (χ0n) is 24.5. The first-order valence-electron chi connectivity index (χ1n) is 14.5. The maximum Gasteiger partial charge on any atom is 0.407 e. The summed E-state index contributed by atoms with van der Waals surface area (Å²) in [7, 11) is 1.29. The highest BCUT2D eigenvalue weighted by atomic mass is 31.2. The number of unbranched alkanes of at least 4 members (excludes halogenated alkanes) is 13. The Balaban J connectivity index is 4.02. The highest BCUT2D eigenvalue weighted by Gasteiger charge is 2.21. The maximum absolute atomic E-state index is 12.2. The van der Waals surface area contributed by atoms with Gasteiger partial charge in [-0.3, -0.25) is 4.57 Å². The summed E-state index contributed by atoms with van der Waals surface area (Å²) in [6.07, 6.45) is 16.5. The lowest BCUT2D eigenvalue weighted by Gasteiger charge is -2.30. The van der Waals surface area contributed by atoms with E-state index in [2.05, 4.69) is 12.2 Å². The van der Waals surface area contributed by atoms with E-state index >= 15 is 0 Å². The molecule has 0 rings (SSSR count). The molecule has 0 aromatic rings. The standard InChI is InChI=1S/C27H57N2O7P/c1-6-8-9-10-11-12-13-14-15-16-17-18-19-20-22-33-25-26(24-28-27(30)34-7-2)36-37(31,32)35-23-21-29(3,4)5/h26H,6-25H2,1-5H3,(H-,28,30,31,32). The van der Waals surface area contributed by atoms with E-state index in [4.69, 9.17) is 18.5 Å². The molecule has 9 nitrogen and oxygen atoms in total. The number of alkyl carbamates (subject to hydrolysis) is 1. The van der Waals surface area contributed by atoms with E-state index in [1.54, 1.807) is 6.92 Å². The number of hydrogen-bond donors (Lipinski definition) is 1. The number of quaternary nitrogens is 1. The average Bonchev–Trinajstić information content (AvgIpc) is 2.81. The van der Waals surface area contributed by atoms with E-state index in [1.165, 1.54) is 77.0 Å². The van der Waals surface area contributed by atoms with Crippen molar-refractivity contribution in [2.24, 2.45) is 0 Å². The quantitative estimate of drug-likeness (QED) is 0.0820. The van der Waals surface area contributed by atoms with Crippen LogP contribution in [0.25, 0.3) is 0 Å². The highest BCUT2D eigenvalue weighted by molar-refractivity contribution is 7.45. The lowest BCUT2D eigenvalue weighted by atomic mass is 10.0. The minimum atomic E-state index is -4.53. The molecular weight excluding hydrogens is 495 g/mol. The molecule has 37 heavy (non-hydrogen) atoms. The fourth-order valence-corrected chi connectivity index (χ4v) is 4.63. The molecule has 0 aliphatic rings. The topological polar surface area (TPSA) is 106 Å². The minimum Gasteiger partial charge on any atom is -0.756 e. The largest absolute Gasteiger partial charge is 0.756 e. The third-order valence-electron chi connectivity index (χ3n) is 5.99. The molecule has 222 valence electrons. The van der Waals surface area contributed by atoms with Crippen LogP contribution in [0.1, 0.15) is 104 Å². The third-order valence-corrected chi connectivity index (χ3v) is 7.04. The smallest absolute Gasteiger partial charge is 0.407 e. The van der Waals surface area contributed by atoms with Gasteiger partial charge in [0.1, 0.15) is 19.3 Å². The Kier molecular flexibility index (Phi) is 22.8. The van der Waals surface area contributed by atoms with E-state index in [1.807, 2.05) is 21.1 Å². The molecule has 2 unspecified atom stereocenters. The lowest BCUT2D eigenvalue weighted by molar-refractivity contribution is -0.870. The van der Waals surface area contributed by atoms with Crippen LogP contribution in [-0.4, -0.2) is 77.3 Å². The first-order chi connectivity index (χ1) is 17.6. The molecule has 0 saturated carbocycles. The molecule has 0 aromatic heterocycles. The highest BCUT2D eigenvalue weighted by Crippen LogP contribution is 2.39. The average molecular weight is 553 g/mol. The Bertz CT molecular complexity index is 588. The predicted molar refractivity (Wildman–Crippen MR) is 147 cm³/mol. The summed E-state index contributed by atoms with van der Waals surface area (Å²) >= 11 is 0.